The van der Waals surface area contributed by atoms with Crippen LogP contribution in [-0.4, -0.2) is 28.8 Å². The number of nitrogens with zero attached hydrogens (tertiary/aromatic N) is 3. The smallest absolute Gasteiger partial charge is 0.221 e. The van der Waals surface area contributed by atoms with Crippen molar-refractivity contribution in [2.24, 2.45) is 7.05 Å². The molecule has 6 nitrogen and oxygen atoms in total. The summed E-state index contributed by atoms with van der Waals surface area (Å²) in [5.41, 5.74) is 5.55. The quantitative estimate of drug-likeness (QED) is 0.481. The molecule has 1 N–H and O–H groups in total. The summed E-state index contributed by atoms with van der Waals surface area (Å²) in [7, 11) is 5.22. The van der Waals surface area contributed by atoms with Crippen LogP contribution >= 0.6 is 11.6 Å². The van der Waals surface area contributed by atoms with Crippen molar-refractivity contribution in [3.8, 4) is 22.8 Å². The van der Waals surface area contributed by atoms with Gasteiger partial charge in [-0.1, -0.05) is 23.7 Å². The van der Waals surface area contributed by atoms with Gasteiger partial charge in [-0.3, -0.25) is 0 Å². The first-order valence-corrected chi connectivity index (χ1v) is 9.47. The van der Waals surface area contributed by atoms with E-state index in [1.807, 2.05) is 54.9 Å². The highest BCUT2D eigenvalue weighted by Gasteiger charge is 2.17. The zero-order chi connectivity index (χ0) is 20.5. The maximum atomic E-state index is 6.17. The molecule has 0 saturated heterocycles. The van der Waals surface area contributed by atoms with Crippen molar-refractivity contribution >= 4 is 34.3 Å². The molecule has 4 rings (SSSR count). The number of halogens is 1. The van der Waals surface area contributed by atoms with Crippen LogP contribution in [0.1, 0.15) is 5.56 Å². The fourth-order valence-corrected chi connectivity index (χ4v) is 3.76. The molecule has 0 atom stereocenters. The SMILES string of the molecule is COc1cc(Cl)cc(C)c1Nc1nc2cccc(-c3cccnc3OC)c2n1C. The molecule has 0 unspecified atom stereocenters. The van der Waals surface area contributed by atoms with Gasteiger partial charge in [-0.2, -0.15) is 0 Å². The van der Waals surface area contributed by atoms with Gasteiger partial charge < -0.3 is 19.4 Å². The number of aromatic nitrogens is 3. The van der Waals surface area contributed by atoms with Crippen LogP contribution in [0.5, 0.6) is 11.6 Å². The van der Waals surface area contributed by atoms with E-state index in [2.05, 4.69) is 10.3 Å². The van der Waals surface area contributed by atoms with Gasteiger partial charge in [0.05, 0.1) is 30.9 Å². The van der Waals surface area contributed by atoms with E-state index in [4.69, 9.17) is 26.1 Å². The fourth-order valence-electron chi connectivity index (χ4n) is 3.50. The monoisotopic (exact) mass is 408 g/mol. The minimum Gasteiger partial charge on any atom is -0.495 e. The Hall–Kier alpha value is -3.25. The minimum absolute atomic E-state index is 0.575. The average molecular weight is 409 g/mol. The summed E-state index contributed by atoms with van der Waals surface area (Å²) in [6.07, 6.45) is 1.72. The zero-order valence-corrected chi connectivity index (χ0v) is 17.4. The Bertz CT molecular complexity index is 1200. The standard InChI is InChI=1S/C22H21ClN4O2/c1-13-11-14(23)12-18(28-3)19(13)26-22-25-17-9-5-7-15(20(17)27(22)2)16-8-6-10-24-21(16)29-4/h5-12H,1-4H3,(H,25,26). The molecule has 29 heavy (non-hydrogen) atoms. The third-order valence-corrected chi connectivity index (χ3v) is 5.09. The van der Waals surface area contributed by atoms with Crippen molar-refractivity contribution in [2.75, 3.05) is 19.5 Å². The molecule has 4 aromatic rings. The Morgan fingerprint density at radius 1 is 1.03 bits per heavy atom. The lowest BCUT2D eigenvalue weighted by Crippen LogP contribution is -2.03. The van der Waals surface area contributed by atoms with Crippen molar-refractivity contribution in [3.05, 3.63) is 59.2 Å². The first-order valence-electron chi connectivity index (χ1n) is 9.09. The number of pyridine rings is 1. The predicted octanol–water partition coefficient (Wildman–Crippen LogP) is 5.36. The van der Waals surface area contributed by atoms with E-state index >= 15 is 0 Å². The van der Waals surface area contributed by atoms with E-state index in [-0.39, 0.29) is 0 Å². The molecule has 2 aromatic carbocycles. The van der Waals surface area contributed by atoms with Crippen LogP contribution in [0.15, 0.2) is 48.7 Å². The Labute approximate surface area is 174 Å². The van der Waals surface area contributed by atoms with Crippen LogP contribution < -0.4 is 14.8 Å². The van der Waals surface area contributed by atoms with Gasteiger partial charge in [0.2, 0.25) is 11.8 Å². The fraction of sp³-hybridized carbons (Fsp3) is 0.182. The minimum atomic E-state index is 0.575. The van der Waals surface area contributed by atoms with Crippen LogP contribution in [0.3, 0.4) is 0 Å². The Kier molecular flexibility index (Phi) is 5.03. The van der Waals surface area contributed by atoms with Crippen molar-refractivity contribution in [2.45, 2.75) is 6.92 Å². The van der Waals surface area contributed by atoms with Crippen molar-refractivity contribution in [3.63, 3.8) is 0 Å². The number of anilines is 2. The van der Waals surface area contributed by atoms with Gasteiger partial charge in [-0.25, -0.2) is 9.97 Å². The molecule has 0 aliphatic carbocycles. The van der Waals surface area contributed by atoms with Gasteiger partial charge in [0, 0.05) is 35.5 Å². The number of imidazole rings is 1. The van der Waals surface area contributed by atoms with Gasteiger partial charge in [0.15, 0.2) is 0 Å². The molecule has 0 aliphatic rings. The number of aryl methyl sites for hydroxylation is 2. The summed E-state index contributed by atoms with van der Waals surface area (Å²) in [5, 5.41) is 4.03. The molecule has 0 radical (unpaired) electrons. The number of ether oxygens (including phenoxy) is 2. The van der Waals surface area contributed by atoms with Gasteiger partial charge in [0.1, 0.15) is 5.75 Å². The molecular weight excluding hydrogens is 388 g/mol. The second-order valence-electron chi connectivity index (χ2n) is 6.65. The highest BCUT2D eigenvalue weighted by atomic mass is 35.5. The van der Waals surface area contributed by atoms with Crippen molar-refractivity contribution in [1.82, 2.24) is 14.5 Å². The third kappa shape index (κ3) is 3.36. The normalized spacial score (nSPS) is 10.9. The number of rotatable bonds is 5. The average Bonchev–Trinajstić information content (AvgIpc) is 3.05. The maximum absolute atomic E-state index is 6.17. The topological polar surface area (TPSA) is 61.2 Å². The van der Waals surface area contributed by atoms with E-state index in [1.165, 1.54) is 0 Å². The molecule has 0 fully saturated rings. The number of benzene rings is 2. The summed E-state index contributed by atoms with van der Waals surface area (Å²) in [4.78, 5) is 9.12. The van der Waals surface area contributed by atoms with Gasteiger partial charge >= 0.3 is 0 Å². The van der Waals surface area contributed by atoms with Crippen LogP contribution in [0.2, 0.25) is 5.02 Å². The molecule has 0 aliphatic heterocycles. The number of hydrogen-bond donors (Lipinski definition) is 1. The van der Waals surface area contributed by atoms with Crippen molar-refractivity contribution < 1.29 is 9.47 Å². The van der Waals surface area contributed by atoms with E-state index in [9.17, 15) is 0 Å². The molecular formula is C22H21ClN4O2. The highest BCUT2D eigenvalue weighted by molar-refractivity contribution is 6.31. The molecule has 0 amide bonds. The Morgan fingerprint density at radius 2 is 1.83 bits per heavy atom. The molecule has 148 valence electrons. The summed E-state index contributed by atoms with van der Waals surface area (Å²) < 4.78 is 13.0. The molecule has 0 saturated carbocycles. The predicted molar refractivity (Wildman–Crippen MR) is 117 cm³/mol. The summed E-state index contributed by atoms with van der Waals surface area (Å²) in [6.45, 7) is 1.98. The van der Waals surface area contributed by atoms with Crippen molar-refractivity contribution in [1.29, 1.82) is 0 Å². The first kappa shape index (κ1) is 19.1. The summed E-state index contributed by atoms with van der Waals surface area (Å²) in [5.74, 6) is 1.93. The second kappa shape index (κ2) is 7.64. The van der Waals surface area contributed by atoms with Crippen LogP contribution in [0.4, 0.5) is 11.6 Å². The number of fused-ring (bicyclic) bond motifs is 1. The molecule has 0 spiro atoms. The Balaban J connectivity index is 1.87. The van der Waals surface area contributed by atoms with Crippen LogP contribution in [0.25, 0.3) is 22.2 Å². The number of methoxy groups -OCH3 is 2. The number of nitrogens with one attached hydrogen (secondary N) is 1. The maximum Gasteiger partial charge on any atom is 0.221 e. The van der Waals surface area contributed by atoms with Gasteiger partial charge in [0.25, 0.3) is 0 Å². The van der Waals surface area contributed by atoms with E-state index in [1.54, 1.807) is 26.5 Å². The van der Waals surface area contributed by atoms with Crippen LogP contribution in [0, 0.1) is 6.92 Å². The number of para-hydroxylation sites is 1. The molecule has 2 aromatic heterocycles. The van der Waals surface area contributed by atoms with E-state index in [0.29, 0.717) is 22.6 Å². The molecule has 0 bridgehead atoms. The van der Waals surface area contributed by atoms with Crippen LogP contribution in [-0.2, 0) is 7.05 Å². The number of hydrogen-bond acceptors (Lipinski definition) is 5. The lowest BCUT2D eigenvalue weighted by Gasteiger charge is -2.14. The lowest BCUT2D eigenvalue weighted by molar-refractivity contribution is 0.399. The van der Waals surface area contributed by atoms with Gasteiger partial charge in [-0.05, 0) is 36.8 Å². The highest BCUT2D eigenvalue weighted by Crippen LogP contribution is 2.37. The van der Waals surface area contributed by atoms with E-state index < -0.39 is 0 Å². The second-order valence-corrected chi connectivity index (χ2v) is 7.09. The Morgan fingerprint density at radius 3 is 2.59 bits per heavy atom. The molecule has 2 heterocycles. The zero-order valence-electron chi connectivity index (χ0n) is 16.7. The first-order chi connectivity index (χ1) is 14.0. The summed E-state index contributed by atoms with van der Waals surface area (Å²) in [6, 6.07) is 13.6. The lowest BCUT2D eigenvalue weighted by atomic mass is 10.1. The third-order valence-electron chi connectivity index (χ3n) is 4.87. The summed E-state index contributed by atoms with van der Waals surface area (Å²) >= 11 is 6.17. The van der Waals surface area contributed by atoms with Gasteiger partial charge in [-0.15, -0.1) is 0 Å². The van der Waals surface area contributed by atoms with E-state index in [0.717, 1.165) is 33.4 Å². The largest absolute Gasteiger partial charge is 0.495 e. The molecule has 7 heteroatoms.